The van der Waals surface area contributed by atoms with Gasteiger partial charge in [0.25, 0.3) is 0 Å². The number of aryl methyl sites for hydroxylation is 1. The van der Waals surface area contributed by atoms with Crippen LogP contribution >= 0.6 is 0 Å². The number of aliphatic hydroxyl groups is 1. The molecule has 1 heterocycles. The maximum absolute atomic E-state index is 9.63. The molecule has 2 rings (SSSR count). The molecule has 0 fully saturated rings. The first kappa shape index (κ1) is 16.0. The summed E-state index contributed by atoms with van der Waals surface area (Å²) in [6, 6.07) is 8.58. The Hall–Kier alpha value is -1.39. The fourth-order valence-corrected chi connectivity index (χ4v) is 2.98. The Morgan fingerprint density at radius 2 is 2.10 bits per heavy atom. The zero-order chi connectivity index (χ0) is 15.5. The zero-order valence-electron chi connectivity index (χ0n) is 13.6. The van der Waals surface area contributed by atoms with E-state index in [1.807, 2.05) is 13.1 Å². The SMILES string of the molecule is CCCc1nc2ccccc2n1C(C)CC(C)(CO)NC. The van der Waals surface area contributed by atoms with Crippen molar-refractivity contribution in [2.45, 2.75) is 51.6 Å². The molecule has 1 aromatic carbocycles. The van der Waals surface area contributed by atoms with Crippen LogP contribution in [0.3, 0.4) is 0 Å². The average Bonchev–Trinajstić information content (AvgIpc) is 2.85. The van der Waals surface area contributed by atoms with Gasteiger partial charge in [0, 0.05) is 18.0 Å². The molecule has 4 heteroatoms. The predicted molar refractivity (Wildman–Crippen MR) is 87.6 cm³/mol. The van der Waals surface area contributed by atoms with Gasteiger partial charge < -0.3 is 15.0 Å². The lowest BCUT2D eigenvalue weighted by atomic mass is 9.94. The van der Waals surface area contributed by atoms with Gasteiger partial charge in [0.05, 0.1) is 17.6 Å². The molecule has 2 N–H and O–H groups in total. The number of para-hydroxylation sites is 2. The number of imidazole rings is 1. The molecule has 0 spiro atoms. The van der Waals surface area contributed by atoms with Crippen molar-refractivity contribution in [1.29, 1.82) is 0 Å². The highest BCUT2D eigenvalue weighted by atomic mass is 16.3. The van der Waals surface area contributed by atoms with Crippen molar-refractivity contribution in [3.63, 3.8) is 0 Å². The van der Waals surface area contributed by atoms with Crippen molar-refractivity contribution in [2.24, 2.45) is 0 Å². The normalized spacial score (nSPS) is 16.0. The van der Waals surface area contributed by atoms with Crippen LogP contribution in [0, 0.1) is 0 Å². The molecule has 2 atom stereocenters. The molecule has 0 aliphatic heterocycles. The average molecular weight is 289 g/mol. The van der Waals surface area contributed by atoms with Crippen LogP contribution in [0.25, 0.3) is 11.0 Å². The molecule has 21 heavy (non-hydrogen) atoms. The first-order chi connectivity index (χ1) is 10.0. The Balaban J connectivity index is 2.41. The van der Waals surface area contributed by atoms with Gasteiger partial charge in [-0.05, 0) is 45.9 Å². The Bertz CT molecular complexity index is 587. The van der Waals surface area contributed by atoms with Crippen LogP contribution in [0.15, 0.2) is 24.3 Å². The number of benzene rings is 1. The van der Waals surface area contributed by atoms with E-state index in [-0.39, 0.29) is 18.2 Å². The van der Waals surface area contributed by atoms with E-state index in [4.69, 9.17) is 4.98 Å². The predicted octanol–water partition coefficient (Wildman–Crippen LogP) is 2.91. The van der Waals surface area contributed by atoms with Crippen molar-refractivity contribution >= 4 is 11.0 Å². The van der Waals surface area contributed by atoms with Gasteiger partial charge in [-0.25, -0.2) is 4.98 Å². The van der Waals surface area contributed by atoms with Crippen LogP contribution in [-0.2, 0) is 6.42 Å². The quantitative estimate of drug-likeness (QED) is 0.824. The van der Waals surface area contributed by atoms with Gasteiger partial charge >= 0.3 is 0 Å². The van der Waals surface area contributed by atoms with Crippen molar-refractivity contribution in [1.82, 2.24) is 14.9 Å². The van der Waals surface area contributed by atoms with E-state index in [1.54, 1.807) is 0 Å². The summed E-state index contributed by atoms with van der Waals surface area (Å²) in [5, 5.41) is 12.9. The smallest absolute Gasteiger partial charge is 0.110 e. The molecule has 4 nitrogen and oxygen atoms in total. The maximum atomic E-state index is 9.63. The summed E-state index contributed by atoms with van der Waals surface area (Å²) in [6.07, 6.45) is 2.92. The lowest BCUT2D eigenvalue weighted by Crippen LogP contribution is -2.45. The number of fused-ring (bicyclic) bond motifs is 1. The van der Waals surface area contributed by atoms with Gasteiger partial charge in [-0.1, -0.05) is 19.1 Å². The summed E-state index contributed by atoms with van der Waals surface area (Å²) in [5.41, 5.74) is 1.97. The number of likely N-dealkylation sites (N-methyl/N-ethyl adjacent to an activating group) is 1. The van der Waals surface area contributed by atoms with Crippen molar-refractivity contribution in [3.05, 3.63) is 30.1 Å². The molecule has 116 valence electrons. The molecule has 0 saturated heterocycles. The van der Waals surface area contributed by atoms with Crippen LogP contribution in [0.1, 0.15) is 45.5 Å². The molecule has 2 unspecified atom stereocenters. The fraction of sp³-hybridized carbons (Fsp3) is 0.588. The Morgan fingerprint density at radius 1 is 1.38 bits per heavy atom. The fourth-order valence-electron chi connectivity index (χ4n) is 2.98. The van der Waals surface area contributed by atoms with Crippen molar-refractivity contribution in [2.75, 3.05) is 13.7 Å². The van der Waals surface area contributed by atoms with E-state index in [0.717, 1.165) is 30.6 Å². The molecular weight excluding hydrogens is 262 g/mol. The minimum absolute atomic E-state index is 0.129. The molecule has 0 radical (unpaired) electrons. The third-order valence-electron chi connectivity index (χ3n) is 4.28. The molecule has 0 bridgehead atoms. The van der Waals surface area contributed by atoms with E-state index >= 15 is 0 Å². The van der Waals surface area contributed by atoms with Gasteiger partial charge in [0.2, 0.25) is 0 Å². The third kappa shape index (κ3) is 3.27. The molecule has 0 amide bonds. The maximum Gasteiger partial charge on any atom is 0.110 e. The highest BCUT2D eigenvalue weighted by Gasteiger charge is 2.26. The van der Waals surface area contributed by atoms with Gasteiger partial charge in [-0.2, -0.15) is 0 Å². The molecule has 2 aromatic rings. The number of nitrogens with one attached hydrogen (secondary N) is 1. The highest BCUT2D eigenvalue weighted by molar-refractivity contribution is 5.76. The summed E-state index contributed by atoms with van der Waals surface area (Å²) in [5.74, 6) is 1.14. The number of nitrogens with zero attached hydrogens (tertiary/aromatic N) is 2. The number of aliphatic hydroxyl groups excluding tert-OH is 1. The second kappa shape index (κ2) is 6.58. The van der Waals surface area contributed by atoms with Gasteiger partial charge in [-0.15, -0.1) is 0 Å². The van der Waals surface area contributed by atoms with E-state index < -0.39 is 0 Å². The lowest BCUT2D eigenvalue weighted by Gasteiger charge is -2.31. The lowest BCUT2D eigenvalue weighted by molar-refractivity contribution is 0.159. The first-order valence-electron chi connectivity index (χ1n) is 7.80. The minimum Gasteiger partial charge on any atom is -0.394 e. The van der Waals surface area contributed by atoms with Crippen molar-refractivity contribution in [3.8, 4) is 0 Å². The second-order valence-corrected chi connectivity index (χ2v) is 6.16. The largest absolute Gasteiger partial charge is 0.394 e. The van der Waals surface area contributed by atoms with E-state index in [1.165, 1.54) is 5.52 Å². The molecule has 1 aromatic heterocycles. The van der Waals surface area contributed by atoms with Crippen LogP contribution in [0.4, 0.5) is 0 Å². The molecule has 0 saturated carbocycles. The molecule has 0 aliphatic carbocycles. The summed E-state index contributed by atoms with van der Waals surface area (Å²) in [4.78, 5) is 4.79. The Morgan fingerprint density at radius 3 is 2.71 bits per heavy atom. The number of hydrogen-bond acceptors (Lipinski definition) is 3. The summed E-state index contributed by atoms with van der Waals surface area (Å²) < 4.78 is 2.34. The number of hydrogen-bond donors (Lipinski definition) is 2. The summed E-state index contributed by atoms with van der Waals surface area (Å²) in [7, 11) is 1.90. The van der Waals surface area contributed by atoms with Gasteiger partial charge in [0.15, 0.2) is 0 Å². The number of aromatic nitrogens is 2. The summed E-state index contributed by atoms with van der Waals surface area (Å²) in [6.45, 7) is 6.57. The minimum atomic E-state index is -0.270. The van der Waals surface area contributed by atoms with Crippen LogP contribution in [0.2, 0.25) is 0 Å². The highest BCUT2D eigenvalue weighted by Crippen LogP contribution is 2.27. The van der Waals surface area contributed by atoms with Gasteiger partial charge in [0.1, 0.15) is 5.82 Å². The van der Waals surface area contributed by atoms with Crippen molar-refractivity contribution < 1.29 is 5.11 Å². The van der Waals surface area contributed by atoms with E-state index in [0.29, 0.717) is 0 Å². The van der Waals surface area contributed by atoms with Crippen LogP contribution < -0.4 is 5.32 Å². The zero-order valence-corrected chi connectivity index (χ0v) is 13.6. The molecule has 0 aliphatic rings. The Labute approximate surface area is 127 Å². The van der Waals surface area contributed by atoms with Crippen LogP contribution in [0.5, 0.6) is 0 Å². The monoisotopic (exact) mass is 289 g/mol. The third-order valence-corrected chi connectivity index (χ3v) is 4.28. The summed E-state index contributed by atoms with van der Waals surface area (Å²) >= 11 is 0. The second-order valence-electron chi connectivity index (χ2n) is 6.16. The molecular formula is C17H27N3O. The topological polar surface area (TPSA) is 50.1 Å². The first-order valence-corrected chi connectivity index (χ1v) is 7.80. The van der Waals surface area contributed by atoms with E-state index in [2.05, 4.69) is 48.9 Å². The number of rotatable bonds is 7. The van der Waals surface area contributed by atoms with E-state index in [9.17, 15) is 5.11 Å². The van der Waals surface area contributed by atoms with Crippen LogP contribution in [-0.4, -0.2) is 33.9 Å². The van der Waals surface area contributed by atoms with Gasteiger partial charge in [-0.3, -0.25) is 0 Å². The standard InChI is InChI=1S/C17H27N3O/c1-5-8-16-19-14-9-6-7-10-15(14)20(16)13(2)11-17(3,12-21)18-4/h6-7,9-10,13,18,21H,5,8,11-12H2,1-4H3. The Kier molecular flexibility index (Phi) is 5.01.